The topological polar surface area (TPSA) is 0 Å². The third-order valence-electron chi connectivity index (χ3n) is 3.59. The van der Waals surface area contributed by atoms with Gasteiger partial charge in [-0.25, -0.2) is 0 Å². The Kier molecular flexibility index (Phi) is 2.68. The Labute approximate surface area is 93.1 Å². The smallest absolute Gasteiger partial charge is 0.00107 e. The van der Waals surface area contributed by atoms with Crippen LogP contribution >= 0.6 is 0 Å². The lowest BCUT2D eigenvalue weighted by molar-refractivity contribution is 0.692. The molecule has 0 aromatic rings. The lowest BCUT2D eigenvalue weighted by Crippen LogP contribution is -2.05. The first-order valence-electron chi connectivity index (χ1n) is 5.86. The maximum Gasteiger partial charge on any atom is -0.00107 e. The number of hydrogen-bond acceptors (Lipinski definition) is 0. The van der Waals surface area contributed by atoms with E-state index in [1.165, 1.54) is 6.42 Å². The Morgan fingerprint density at radius 3 is 2.93 bits per heavy atom. The first kappa shape index (κ1) is 10.5. The summed E-state index contributed by atoms with van der Waals surface area (Å²) in [6.45, 7) is 10.7. The molecule has 0 bridgehead atoms. The van der Waals surface area contributed by atoms with E-state index in [0.29, 0.717) is 11.8 Å². The van der Waals surface area contributed by atoms with Gasteiger partial charge < -0.3 is 0 Å². The predicted molar refractivity (Wildman–Crippen MR) is 66.6 cm³/mol. The summed E-state index contributed by atoms with van der Waals surface area (Å²) in [5.74, 6) is 1.21. The molecular formula is C15H20. The summed E-state index contributed by atoms with van der Waals surface area (Å²) in [4.78, 5) is 0. The van der Waals surface area contributed by atoms with Gasteiger partial charge in [-0.05, 0) is 48.3 Å². The van der Waals surface area contributed by atoms with E-state index in [1.54, 1.807) is 22.3 Å². The molecular weight excluding hydrogens is 180 g/mol. The number of hydrogen-bond donors (Lipinski definition) is 0. The Morgan fingerprint density at radius 2 is 2.27 bits per heavy atom. The van der Waals surface area contributed by atoms with Crippen LogP contribution in [0.2, 0.25) is 0 Å². The standard InChI is InChI=1S/C15H20/c1-5-11(3)15-12(4)9-13-7-6-10(2)8-14(13)15/h5-7,10-11H,1,8-9H2,2-4H3. The lowest BCUT2D eigenvalue weighted by Gasteiger charge is -2.20. The molecule has 0 nitrogen and oxygen atoms in total. The molecule has 0 radical (unpaired) electrons. The Morgan fingerprint density at radius 1 is 1.53 bits per heavy atom. The molecule has 0 saturated carbocycles. The van der Waals surface area contributed by atoms with Crippen molar-refractivity contribution < 1.29 is 0 Å². The van der Waals surface area contributed by atoms with E-state index in [1.807, 2.05) is 0 Å². The molecule has 0 aromatic carbocycles. The average molecular weight is 200 g/mol. The average Bonchev–Trinajstić information content (AvgIpc) is 2.52. The molecule has 0 saturated heterocycles. The Bertz CT molecular complexity index is 377. The van der Waals surface area contributed by atoms with Gasteiger partial charge in [0.25, 0.3) is 0 Å². The molecule has 2 aliphatic carbocycles. The molecule has 0 heterocycles. The van der Waals surface area contributed by atoms with Gasteiger partial charge in [-0.1, -0.05) is 37.6 Å². The third kappa shape index (κ3) is 1.73. The molecule has 2 atom stereocenters. The van der Waals surface area contributed by atoms with E-state index in [2.05, 4.69) is 45.6 Å². The highest BCUT2D eigenvalue weighted by molar-refractivity contribution is 5.54. The summed E-state index contributed by atoms with van der Waals surface area (Å²) in [6.07, 6.45) is 9.12. The van der Waals surface area contributed by atoms with E-state index >= 15 is 0 Å². The van der Waals surface area contributed by atoms with E-state index < -0.39 is 0 Å². The van der Waals surface area contributed by atoms with E-state index in [9.17, 15) is 0 Å². The molecule has 0 aromatic heterocycles. The highest BCUT2D eigenvalue weighted by Crippen LogP contribution is 2.42. The van der Waals surface area contributed by atoms with Crippen molar-refractivity contribution in [2.75, 3.05) is 0 Å². The molecule has 2 aliphatic rings. The summed E-state index contributed by atoms with van der Waals surface area (Å²) >= 11 is 0. The molecule has 80 valence electrons. The second-order valence-corrected chi connectivity index (χ2v) is 4.94. The minimum atomic E-state index is 0.510. The maximum absolute atomic E-state index is 3.92. The van der Waals surface area contributed by atoms with Gasteiger partial charge in [0.15, 0.2) is 0 Å². The lowest BCUT2D eigenvalue weighted by atomic mass is 9.85. The van der Waals surface area contributed by atoms with Gasteiger partial charge in [-0.2, -0.15) is 0 Å². The van der Waals surface area contributed by atoms with Gasteiger partial charge in [0, 0.05) is 0 Å². The molecule has 0 amide bonds. The minimum absolute atomic E-state index is 0.510. The molecule has 0 spiro atoms. The zero-order chi connectivity index (χ0) is 11.0. The van der Waals surface area contributed by atoms with Crippen LogP contribution in [-0.4, -0.2) is 0 Å². The van der Waals surface area contributed by atoms with E-state index in [-0.39, 0.29) is 0 Å². The largest absolute Gasteiger partial charge is 0.102 e. The van der Waals surface area contributed by atoms with E-state index in [4.69, 9.17) is 0 Å². The van der Waals surface area contributed by atoms with Crippen molar-refractivity contribution in [3.8, 4) is 0 Å². The summed E-state index contributed by atoms with van der Waals surface area (Å²) < 4.78 is 0. The number of allylic oxidation sites excluding steroid dienone is 7. The Balaban J connectivity index is 2.37. The summed E-state index contributed by atoms with van der Waals surface area (Å²) in [6, 6.07) is 0. The fraction of sp³-hybridized carbons (Fsp3) is 0.467. The van der Waals surface area contributed by atoms with Crippen LogP contribution < -0.4 is 0 Å². The second-order valence-electron chi connectivity index (χ2n) is 4.94. The quantitative estimate of drug-likeness (QED) is 0.579. The summed E-state index contributed by atoms with van der Waals surface area (Å²) in [5, 5.41) is 0. The maximum atomic E-state index is 3.92. The first-order valence-corrected chi connectivity index (χ1v) is 5.86. The summed E-state index contributed by atoms with van der Waals surface area (Å²) in [7, 11) is 0. The van der Waals surface area contributed by atoms with Gasteiger partial charge in [0.05, 0.1) is 0 Å². The van der Waals surface area contributed by atoms with Crippen molar-refractivity contribution in [2.45, 2.75) is 33.6 Å². The molecule has 0 aliphatic heterocycles. The predicted octanol–water partition coefficient (Wildman–Crippen LogP) is 4.42. The highest BCUT2D eigenvalue weighted by Gasteiger charge is 2.26. The van der Waals surface area contributed by atoms with Crippen molar-refractivity contribution in [3.63, 3.8) is 0 Å². The van der Waals surface area contributed by atoms with Crippen LogP contribution in [0.25, 0.3) is 0 Å². The van der Waals surface area contributed by atoms with Crippen LogP contribution in [0.3, 0.4) is 0 Å². The van der Waals surface area contributed by atoms with Crippen molar-refractivity contribution >= 4 is 0 Å². The first-order chi connectivity index (χ1) is 7.13. The van der Waals surface area contributed by atoms with Crippen LogP contribution in [0.4, 0.5) is 0 Å². The Hall–Kier alpha value is -1.04. The monoisotopic (exact) mass is 200 g/mol. The molecule has 0 fully saturated rings. The normalized spacial score (nSPS) is 27.0. The highest BCUT2D eigenvalue weighted by atomic mass is 14.3. The van der Waals surface area contributed by atoms with Gasteiger partial charge in [0.2, 0.25) is 0 Å². The fourth-order valence-corrected chi connectivity index (χ4v) is 2.77. The molecule has 2 rings (SSSR count). The van der Waals surface area contributed by atoms with Crippen molar-refractivity contribution in [3.05, 3.63) is 47.1 Å². The molecule has 0 heteroatoms. The summed E-state index contributed by atoms with van der Waals surface area (Å²) in [5.41, 5.74) is 6.27. The molecule has 2 unspecified atom stereocenters. The van der Waals surface area contributed by atoms with Crippen LogP contribution in [0.1, 0.15) is 33.6 Å². The van der Waals surface area contributed by atoms with Gasteiger partial charge in [-0.3, -0.25) is 0 Å². The minimum Gasteiger partial charge on any atom is -0.102 e. The van der Waals surface area contributed by atoms with Gasteiger partial charge in [0.1, 0.15) is 0 Å². The zero-order valence-corrected chi connectivity index (χ0v) is 10.0. The molecule has 0 N–H and O–H groups in total. The fourth-order valence-electron chi connectivity index (χ4n) is 2.77. The van der Waals surface area contributed by atoms with Crippen LogP contribution in [0, 0.1) is 11.8 Å². The SMILES string of the molecule is C=CC(C)C1=C(C)CC2=C1CC(C)C=C2. The van der Waals surface area contributed by atoms with E-state index in [0.717, 1.165) is 6.42 Å². The van der Waals surface area contributed by atoms with Crippen molar-refractivity contribution in [1.82, 2.24) is 0 Å². The van der Waals surface area contributed by atoms with Gasteiger partial charge in [-0.15, -0.1) is 6.58 Å². The number of rotatable bonds is 2. The van der Waals surface area contributed by atoms with Gasteiger partial charge >= 0.3 is 0 Å². The zero-order valence-electron chi connectivity index (χ0n) is 10.0. The van der Waals surface area contributed by atoms with Crippen LogP contribution in [-0.2, 0) is 0 Å². The third-order valence-corrected chi connectivity index (χ3v) is 3.59. The van der Waals surface area contributed by atoms with Crippen LogP contribution in [0.15, 0.2) is 47.1 Å². The van der Waals surface area contributed by atoms with Crippen molar-refractivity contribution in [1.29, 1.82) is 0 Å². The molecule has 15 heavy (non-hydrogen) atoms. The second kappa shape index (κ2) is 3.84. The van der Waals surface area contributed by atoms with Crippen LogP contribution in [0.5, 0.6) is 0 Å². The van der Waals surface area contributed by atoms with Crippen molar-refractivity contribution in [2.24, 2.45) is 11.8 Å².